The molecule has 0 N–H and O–H groups in total. The average Bonchev–Trinajstić information content (AvgIpc) is 1.65. The maximum Gasteiger partial charge on any atom is 0.0830 e. The van der Waals surface area contributed by atoms with Crippen molar-refractivity contribution in [2.45, 2.75) is 8.56 Å². The molecule has 0 aromatic heterocycles. The SMILES string of the molecule is BrC[C@@H](Br)C(Br)Br. The maximum atomic E-state index is 3.40. The van der Waals surface area contributed by atoms with Crippen LogP contribution in [0.3, 0.4) is 0 Å². The zero-order valence-corrected chi connectivity index (χ0v) is 9.72. The number of rotatable bonds is 2. The van der Waals surface area contributed by atoms with Gasteiger partial charge in [0.15, 0.2) is 0 Å². The Labute approximate surface area is 76.9 Å². The van der Waals surface area contributed by atoms with Crippen LogP contribution in [0.25, 0.3) is 0 Å². The van der Waals surface area contributed by atoms with Crippen molar-refractivity contribution in [3.63, 3.8) is 0 Å². The molecule has 0 saturated carbocycles. The van der Waals surface area contributed by atoms with E-state index >= 15 is 0 Å². The topological polar surface area (TPSA) is 0 Å². The number of alkyl halides is 4. The van der Waals surface area contributed by atoms with E-state index in [-0.39, 0.29) is 0 Å². The Balaban J connectivity index is 3.14. The van der Waals surface area contributed by atoms with Crippen LogP contribution in [-0.4, -0.2) is 13.9 Å². The Morgan fingerprint density at radius 2 is 1.57 bits per heavy atom. The molecule has 0 aromatic rings. The van der Waals surface area contributed by atoms with Gasteiger partial charge in [0.1, 0.15) is 0 Å². The highest BCUT2D eigenvalue weighted by molar-refractivity contribution is 9.25. The lowest BCUT2D eigenvalue weighted by atomic mass is 10.6. The molecule has 0 saturated heterocycles. The van der Waals surface area contributed by atoms with Gasteiger partial charge in [0.25, 0.3) is 0 Å². The van der Waals surface area contributed by atoms with Gasteiger partial charge in [0.2, 0.25) is 0 Å². The molecule has 0 rings (SSSR count). The van der Waals surface area contributed by atoms with Crippen molar-refractivity contribution in [2.24, 2.45) is 0 Å². The Bertz CT molecular complexity index is 44.2. The summed E-state index contributed by atoms with van der Waals surface area (Å²) in [5.41, 5.74) is 0. The molecular weight excluding hydrogens is 356 g/mol. The highest BCUT2D eigenvalue weighted by Gasteiger charge is 2.08. The third-order valence-corrected chi connectivity index (χ3v) is 5.53. The highest BCUT2D eigenvalue weighted by Crippen LogP contribution is 2.21. The molecule has 0 aliphatic heterocycles. The van der Waals surface area contributed by atoms with Crippen molar-refractivity contribution in [3.8, 4) is 0 Å². The largest absolute Gasteiger partial charge is 0.0915 e. The predicted molar refractivity (Wildman–Crippen MR) is 48.2 cm³/mol. The Morgan fingerprint density at radius 3 is 1.57 bits per heavy atom. The van der Waals surface area contributed by atoms with E-state index in [2.05, 4.69) is 63.7 Å². The van der Waals surface area contributed by atoms with Crippen molar-refractivity contribution >= 4 is 63.7 Å². The minimum Gasteiger partial charge on any atom is -0.0915 e. The van der Waals surface area contributed by atoms with Gasteiger partial charge < -0.3 is 0 Å². The van der Waals surface area contributed by atoms with Crippen molar-refractivity contribution < 1.29 is 0 Å². The summed E-state index contributed by atoms with van der Waals surface area (Å²) in [4.78, 5) is 0.465. The first-order chi connectivity index (χ1) is 3.18. The zero-order valence-electron chi connectivity index (χ0n) is 3.37. The molecule has 1 atom stereocenters. The van der Waals surface area contributed by atoms with Gasteiger partial charge in [-0.1, -0.05) is 63.7 Å². The van der Waals surface area contributed by atoms with Crippen molar-refractivity contribution in [3.05, 3.63) is 0 Å². The van der Waals surface area contributed by atoms with Crippen molar-refractivity contribution in [1.82, 2.24) is 0 Å². The van der Waals surface area contributed by atoms with E-state index in [1.165, 1.54) is 0 Å². The molecule has 0 aliphatic carbocycles. The van der Waals surface area contributed by atoms with Crippen LogP contribution < -0.4 is 0 Å². The molecule has 0 amide bonds. The molecule has 0 bridgehead atoms. The van der Waals surface area contributed by atoms with Gasteiger partial charge in [-0.15, -0.1) is 0 Å². The monoisotopic (exact) mass is 356 g/mol. The third kappa shape index (κ3) is 4.43. The molecule has 0 radical (unpaired) electrons. The van der Waals surface area contributed by atoms with Gasteiger partial charge in [-0.25, -0.2) is 0 Å². The van der Waals surface area contributed by atoms with Gasteiger partial charge in [0, 0.05) is 10.2 Å². The van der Waals surface area contributed by atoms with Gasteiger partial charge in [-0.2, -0.15) is 0 Å². The summed E-state index contributed by atoms with van der Waals surface area (Å²) in [6.07, 6.45) is 0. The Morgan fingerprint density at radius 1 is 1.14 bits per heavy atom. The molecule has 0 aromatic carbocycles. The maximum absolute atomic E-state index is 3.40. The normalized spacial score (nSPS) is 15.0. The summed E-state index contributed by atoms with van der Waals surface area (Å²) in [6.45, 7) is 0. The van der Waals surface area contributed by atoms with Crippen LogP contribution in [0.2, 0.25) is 0 Å². The number of halogens is 4. The van der Waals surface area contributed by atoms with E-state index in [1.807, 2.05) is 0 Å². The Hall–Kier alpha value is 1.92. The van der Waals surface area contributed by atoms with Crippen LogP contribution in [0.4, 0.5) is 0 Å². The van der Waals surface area contributed by atoms with E-state index in [1.54, 1.807) is 0 Å². The first kappa shape index (κ1) is 8.92. The lowest BCUT2D eigenvalue weighted by molar-refractivity contribution is 1.16. The van der Waals surface area contributed by atoms with Crippen LogP contribution in [0.1, 0.15) is 0 Å². The molecule has 0 fully saturated rings. The van der Waals surface area contributed by atoms with Crippen LogP contribution >= 0.6 is 63.7 Å². The van der Waals surface area contributed by atoms with E-state index in [0.717, 1.165) is 5.33 Å². The van der Waals surface area contributed by atoms with Gasteiger partial charge in [0.05, 0.1) is 3.74 Å². The summed E-state index contributed by atoms with van der Waals surface area (Å²) in [5.74, 6) is 0. The zero-order chi connectivity index (χ0) is 5.86. The molecule has 0 unspecified atom stereocenters. The van der Waals surface area contributed by atoms with Crippen LogP contribution in [-0.2, 0) is 0 Å². The van der Waals surface area contributed by atoms with Crippen molar-refractivity contribution in [1.29, 1.82) is 0 Å². The second kappa shape index (κ2) is 4.77. The quantitative estimate of drug-likeness (QED) is 0.664. The first-order valence-corrected chi connectivity index (χ1v) is 5.53. The molecule has 44 valence electrons. The predicted octanol–water partition coefficient (Wildman–Crippen LogP) is 3.26. The molecular formula is C3H4Br4. The fourth-order valence-corrected chi connectivity index (χ4v) is 1.82. The number of hydrogen-bond acceptors (Lipinski definition) is 0. The van der Waals surface area contributed by atoms with E-state index in [0.29, 0.717) is 8.56 Å². The number of hydrogen-bond donors (Lipinski definition) is 0. The molecule has 0 nitrogen and oxygen atoms in total. The summed E-state index contributed by atoms with van der Waals surface area (Å²) < 4.78 is 0.361. The van der Waals surface area contributed by atoms with Gasteiger partial charge in [-0.3, -0.25) is 0 Å². The summed E-state index contributed by atoms with van der Waals surface area (Å²) in [7, 11) is 0. The van der Waals surface area contributed by atoms with E-state index in [9.17, 15) is 0 Å². The molecule has 4 heteroatoms. The molecule has 0 heterocycles. The molecule has 0 spiro atoms. The fourth-order valence-electron chi connectivity index (χ4n) is 0.0673. The molecule has 0 aliphatic rings. The third-order valence-electron chi connectivity index (χ3n) is 0.421. The lowest BCUT2D eigenvalue weighted by Crippen LogP contribution is -2.06. The first-order valence-electron chi connectivity index (χ1n) is 1.66. The van der Waals surface area contributed by atoms with Crippen LogP contribution in [0, 0.1) is 0 Å². The van der Waals surface area contributed by atoms with Gasteiger partial charge >= 0.3 is 0 Å². The average molecular weight is 360 g/mol. The lowest BCUT2D eigenvalue weighted by Gasteiger charge is -2.03. The second-order valence-electron chi connectivity index (χ2n) is 1.00. The van der Waals surface area contributed by atoms with E-state index < -0.39 is 0 Å². The molecule has 7 heavy (non-hydrogen) atoms. The minimum absolute atomic E-state index is 0.361. The van der Waals surface area contributed by atoms with Gasteiger partial charge in [-0.05, 0) is 0 Å². The summed E-state index contributed by atoms with van der Waals surface area (Å²) in [6, 6.07) is 0. The fraction of sp³-hybridized carbons (Fsp3) is 1.00. The minimum atomic E-state index is 0.361. The summed E-state index contributed by atoms with van der Waals surface area (Å²) in [5, 5.41) is 0.953. The van der Waals surface area contributed by atoms with E-state index in [4.69, 9.17) is 0 Å². The van der Waals surface area contributed by atoms with Crippen LogP contribution in [0.15, 0.2) is 0 Å². The standard InChI is InChI=1S/C3H4Br4/c4-1-2(5)3(6)7/h2-3H,1H2/t2-/m1/s1. The highest BCUT2D eigenvalue weighted by atomic mass is 79.9. The van der Waals surface area contributed by atoms with Crippen molar-refractivity contribution in [2.75, 3.05) is 5.33 Å². The Kier molecular flexibility index (Phi) is 6.07. The summed E-state index contributed by atoms with van der Waals surface area (Å²) >= 11 is 13.4. The van der Waals surface area contributed by atoms with Crippen LogP contribution in [0.5, 0.6) is 0 Å². The smallest absolute Gasteiger partial charge is 0.0830 e. The second-order valence-corrected chi connectivity index (χ2v) is 6.03.